The molecule has 2 saturated carbocycles. The summed E-state index contributed by atoms with van der Waals surface area (Å²) >= 11 is 3.34. The zero-order valence-electron chi connectivity index (χ0n) is 12.5. The highest BCUT2D eigenvalue weighted by Crippen LogP contribution is 2.51. The maximum absolute atomic E-state index is 13.1. The van der Waals surface area contributed by atoms with Crippen molar-refractivity contribution in [1.29, 1.82) is 0 Å². The van der Waals surface area contributed by atoms with E-state index in [1.165, 1.54) is 6.42 Å². The Morgan fingerprint density at radius 3 is 2.61 bits per heavy atom. The van der Waals surface area contributed by atoms with Crippen molar-refractivity contribution in [3.05, 3.63) is 28.2 Å². The normalized spacial score (nSPS) is 31.5. The highest BCUT2D eigenvalue weighted by molar-refractivity contribution is 9.10. The predicted molar refractivity (Wildman–Crippen MR) is 87.9 cm³/mol. The van der Waals surface area contributed by atoms with Gasteiger partial charge in [0, 0.05) is 10.4 Å². The second kappa shape index (κ2) is 5.16. The Bertz CT molecular complexity index is 733. The lowest BCUT2D eigenvalue weighted by Gasteiger charge is -2.23. The van der Waals surface area contributed by atoms with Crippen LogP contribution >= 0.6 is 15.9 Å². The number of urea groups is 1. The number of fused-ring (bicyclic) bond motifs is 3. The van der Waals surface area contributed by atoms with Crippen molar-refractivity contribution in [2.24, 2.45) is 23.5 Å². The highest BCUT2D eigenvalue weighted by atomic mass is 79.9. The summed E-state index contributed by atoms with van der Waals surface area (Å²) in [5.41, 5.74) is 6.40. The van der Waals surface area contributed by atoms with Crippen LogP contribution in [0.2, 0.25) is 0 Å². The Morgan fingerprint density at radius 1 is 1.22 bits per heavy atom. The SMILES string of the molecule is NC(=O)N1C(=O)C(C(=O)C2CC3CCC2C3)c2ccc(Br)cc21. The van der Waals surface area contributed by atoms with E-state index in [4.69, 9.17) is 5.73 Å². The second-order valence-corrected chi connectivity index (χ2v) is 7.75. The summed E-state index contributed by atoms with van der Waals surface area (Å²) in [7, 11) is 0. The van der Waals surface area contributed by atoms with E-state index in [0.29, 0.717) is 23.1 Å². The van der Waals surface area contributed by atoms with Crippen molar-refractivity contribution in [2.45, 2.75) is 31.6 Å². The van der Waals surface area contributed by atoms with Gasteiger partial charge in [-0.25, -0.2) is 9.69 Å². The number of anilines is 1. The van der Waals surface area contributed by atoms with Crippen LogP contribution in [-0.4, -0.2) is 17.7 Å². The number of amides is 3. The third kappa shape index (κ3) is 2.15. The Hall–Kier alpha value is -1.69. The number of rotatable bonds is 2. The number of imide groups is 1. The number of ketones is 1. The molecule has 2 bridgehead atoms. The minimum atomic E-state index is -0.880. The molecular formula is C17H17BrN2O3. The molecule has 5 nitrogen and oxygen atoms in total. The van der Waals surface area contributed by atoms with Crippen LogP contribution < -0.4 is 10.6 Å². The summed E-state index contributed by atoms with van der Waals surface area (Å²) in [4.78, 5) is 38.4. The fourth-order valence-electron chi connectivity index (χ4n) is 4.64. The van der Waals surface area contributed by atoms with Crippen LogP contribution in [-0.2, 0) is 9.59 Å². The largest absolute Gasteiger partial charge is 0.351 e. The van der Waals surface area contributed by atoms with Crippen LogP contribution in [0.25, 0.3) is 0 Å². The van der Waals surface area contributed by atoms with E-state index >= 15 is 0 Å². The fourth-order valence-corrected chi connectivity index (χ4v) is 4.99. The van der Waals surface area contributed by atoms with Gasteiger partial charge in [-0.15, -0.1) is 0 Å². The number of nitrogens with two attached hydrogens (primary N) is 1. The lowest BCUT2D eigenvalue weighted by atomic mass is 9.79. The maximum Gasteiger partial charge on any atom is 0.326 e. The minimum absolute atomic E-state index is 0.0328. The average Bonchev–Trinajstić information content (AvgIpc) is 3.17. The van der Waals surface area contributed by atoms with Gasteiger partial charge in [-0.1, -0.05) is 28.4 Å². The van der Waals surface area contributed by atoms with Crippen molar-refractivity contribution in [1.82, 2.24) is 0 Å². The van der Waals surface area contributed by atoms with Crippen LogP contribution in [0.5, 0.6) is 0 Å². The molecule has 0 spiro atoms. The smallest absolute Gasteiger partial charge is 0.326 e. The van der Waals surface area contributed by atoms with Crippen LogP contribution in [0.3, 0.4) is 0 Å². The van der Waals surface area contributed by atoms with Gasteiger partial charge in [0.2, 0.25) is 5.91 Å². The number of carbonyl (C=O) groups is 3. The molecule has 2 aliphatic carbocycles. The zero-order valence-corrected chi connectivity index (χ0v) is 14.1. The summed E-state index contributed by atoms with van der Waals surface area (Å²) in [5.74, 6) is -0.432. The van der Waals surface area contributed by atoms with Gasteiger partial charge in [0.15, 0.2) is 5.78 Å². The van der Waals surface area contributed by atoms with E-state index in [1.807, 2.05) is 0 Å². The summed E-state index contributed by atoms with van der Waals surface area (Å²) in [6, 6.07) is 4.37. The molecule has 4 unspecified atom stereocenters. The molecule has 120 valence electrons. The van der Waals surface area contributed by atoms with E-state index in [1.54, 1.807) is 18.2 Å². The second-order valence-electron chi connectivity index (χ2n) is 6.83. The fraction of sp³-hybridized carbons (Fsp3) is 0.471. The lowest BCUT2D eigenvalue weighted by Crippen LogP contribution is -2.41. The number of benzene rings is 1. The predicted octanol–water partition coefficient (Wildman–Crippen LogP) is 2.96. The molecule has 1 aromatic carbocycles. The monoisotopic (exact) mass is 376 g/mol. The molecule has 3 aliphatic rings. The summed E-state index contributed by atoms with van der Waals surface area (Å²) < 4.78 is 0.739. The Morgan fingerprint density at radius 2 is 2.00 bits per heavy atom. The van der Waals surface area contributed by atoms with E-state index in [9.17, 15) is 14.4 Å². The van der Waals surface area contributed by atoms with Gasteiger partial charge in [-0.3, -0.25) is 9.59 Å². The van der Waals surface area contributed by atoms with Crippen molar-refractivity contribution in [3.8, 4) is 0 Å². The number of nitrogens with zero attached hydrogens (tertiary/aromatic N) is 1. The molecule has 1 aromatic rings. The molecule has 2 fully saturated rings. The first-order valence-electron chi connectivity index (χ1n) is 7.94. The molecule has 0 aromatic heterocycles. The van der Waals surface area contributed by atoms with Gasteiger partial charge in [0.1, 0.15) is 5.92 Å². The Balaban J connectivity index is 1.73. The molecule has 3 amide bonds. The first-order chi connectivity index (χ1) is 11.0. The van der Waals surface area contributed by atoms with Gasteiger partial charge < -0.3 is 5.73 Å². The Kier molecular flexibility index (Phi) is 3.34. The van der Waals surface area contributed by atoms with Gasteiger partial charge in [0.25, 0.3) is 0 Å². The molecule has 6 heteroatoms. The van der Waals surface area contributed by atoms with Crippen LogP contribution in [0, 0.1) is 17.8 Å². The molecule has 1 aliphatic heterocycles. The van der Waals surface area contributed by atoms with E-state index in [-0.39, 0.29) is 11.7 Å². The van der Waals surface area contributed by atoms with Gasteiger partial charge >= 0.3 is 6.03 Å². The third-order valence-corrected chi connectivity index (χ3v) is 6.11. The summed E-state index contributed by atoms with van der Waals surface area (Å²) in [5, 5.41) is 0. The molecule has 1 heterocycles. The minimum Gasteiger partial charge on any atom is -0.351 e. The molecule has 2 N–H and O–H groups in total. The van der Waals surface area contributed by atoms with Crippen molar-refractivity contribution >= 4 is 39.3 Å². The number of primary amides is 1. The van der Waals surface area contributed by atoms with Crippen LogP contribution in [0.1, 0.15) is 37.2 Å². The highest BCUT2D eigenvalue weighted by Gasteiger charge is 2.50. The number of hydrogen-bond donors (Lipinski definition) is 1. The number of hydrogen-bond acceptors (Lipinski definition) is 3. The number of Topliss-reactive ketones (excluding diaryl/α,β-unsaturated/α-hetero) is 1. The van der Waals surface area contributed by atoms with Crippen molar-refractivity contribution in [3.63, 3.8) is 0 Å². The average molecular weight is 377 g/mol. The van der Waals surface area contributed by atoms with E-state index in [0.717, 1.165) is 28.6 Å². The zero-order chi connectivity index (χ0) is 16.3. The van der Waals surface area contributed by atoms with Gasteiger partial charge in [0.05, 0.1) is 5.69 Å². The topological polar surface area (TPSA) is 80.5 Å². The molecule has 0 radical (unpaired) electrons. The Labute approximate surface area is 142 Å². The van der Waals surface area contributed by atoms with Crippen molar-refractivity contribution < 1.29 is 14.4 Å². The van der Waals surface area contributed by atoms with Crippen molar-refractivity contribution in [2.75, 3.05) is 4.90 Å². The first-order valence-corrected chi connectivity index (χ1v) is 8.73. The van der Waals surface area contributed by atoms with E-state index < -0.39 is 17.9 Å². The van der Waals surface area contributed by atoms with Gasteiger partial charge in [-0.2, -0.15) is 0 Å². The molecular weight excluding hydrogens is 360 g/mol. The summed E-state index contributed by atoms with van der Waals surface area (Å²) in [6.07, 6.45) is 4.26. The standard InChI is InChI=1S/C17H17BrN2O3/c18-10-3-4-11-13(7-10)20(17(19)23)16(22)14(11)15(21)12-6-8-1-2-9(12)5-8/h3-4,7-9,12,14H,1-2,5-6H2,(H2,19,23). The molecule has 0 saturated heterocycles. The lowest BCUT2D eigenvalue weighted by molar-refractivity contribution is -0.131. The number of halogens is 1. The van der Waals surface area contributed by atoms with Gasteiger partial charge in [-0.05, 0) is 48.8 Å². The maximum atomic E-state index is 13.1. The quantitative estimate of drug-likeness (QED) is 0.805. The summed E-state index contributed by atoms with van der Waals surface area (Å²) in [6.45, 7) is 0. The third-order valence-electron chi connectivity index (χ3n) is 5.62. The first kappa shape index (κ1) is 14.9. The molecule has 4 atom stereocenters. The molecule has 4 rings (SSSR count). The molecule has 23 heavy (non-hydrogen) atoms. The number of carbonyl (C=O) groups excluding carboxylic acids is 3. The van der Waals surface area contributed by atoms with E-state index in [2.05, 4.69) is 15.9 Å². The van der Waals surface area contributed by atoms with Crippen LogP contribution in [0.4, 0.5) is 10.5 Å². The van der Waals surface area contributed by atoms with Crippen LogP contribution in [0.15, 0.2) is 22.7 Å².